The number of nitrogens with zero attached hydrogens (tertiary/aromatic N) is 4. The van der Waals surface area contributed by atoms with Gasteiger partial charge < -0.3 is 5.32 Å². The minimum Gasteiger partial charge on any atom is -0.366 e. The largest absolute Gasteiger partial charge is 0.366 e. The van der Waals surface area contributed by atoms with Gasteiger partial charge in [-0.2, -0.15) is 0 Å². The minimum absolute atomic E-state index is 0.221. The molecule has 154 valence electrons. The molecule has 0 saturated carbocycles. The number of pyridine rings is 1. The van der Waals surface area contributed by atoms with E-state index in [2.05, 4.69) is 10.3 Å². The molecule has 1 N–H and O–H groups in total. The van der Waals surface area contributed by atoms with Gasteiger partial charge in [0.15, 0.2) is 5.82 Å². The molecule has 2 aromatic heterocycles. The average Bonchev–Trinajstić information content (AvgIpc) is 3.38. The maximum Gasteiger partial charge on any atom is 0.235 e. The van der Waals surface area contributed by atoms with Gasteiger partial charge in [0.2, 0.25) is 10.0 Å². The van der Waals surface area contributed by atoms with Crippen molar-refractivity contribution in [3.8, 4) is 11.5 Å². The summed E-state index contributed by atoms with van der Waals surface area (Å²) in [7, 11) is -3.18. The van der Waals surface area contributed by atoms with Gasteiger partial charge in [0.1, 0.15) is 11.5 Å². The van der Waals surface area contributed by atoms with E-state index in [0.717, 1.165) is 47.7 Å². The van der Waals surface area contributed by atoms with Gasteiger partial charge in [-0.25, -0.2) is 18.4 Å². The highest BCUT2D eigenvalue weighted by atomic mass is 32.2. The Hall–Kier alpha value is -3.00. The first-order valence-electron chi connectivity index (χ1n) is 10.2. The van der Waals surface area contributed by atoms with Crippen molar-refractivity contribution >= 4 is 21.5 Å². The average molecular weight is 422 g/mol. The molecular weight excluding hydrogens is 398 g/mol. The first kappa shape index (κ1) is 19.0. The van der Waals surface area contributed by atoms with Crippen molar-refractivity contribution in [2.24, 2.45) is 0 Å². The molecule has 0 spiro atoms. The molecule has 2 aliphatic rings. The molecule has 3 aromatic rings. The van der Waals surface area contributed by atoms with Crippen LogP contribution in [0.3, 0.4) is 0 Å². The normalized spacial score (nSPS) is 17.1. The molecule has 8 heteroatoms. The third kappa shape index (κ3) is 3.63. The lowest BCUT2D eigenvalue weighted by atomic mass is 10.2. The third-order valence-electron chi connectivity index (χ3n) is 5.58. The number of benzene rings is 1. The van der Waals surface area contributed by atoms with Crippen molar-refractivity contribution in [1.82, 2.24) is 15.0 Å². The number of aryl methyl sites for hydroxylation is 1. The summed E-state index contributed by atoms with van der Waals surface area (Å²) in [4.78, 5) is 13.9. The zero-order chi connectivity index (χ0) is 20.6. The molecule has 3 heterocycles. The zero-order valence-electron chi connectivity index (χ0n) is 16.6. The van der Waals surface area contributed by atoms with E-state index in [1.807, 2.05) is 42.5 Å². The van der Waals surface area contributed by atoms with E-state index in [-0.39, 0.29) is 5.75 Å². The summed E-state index contributed by atoms with van der Waals surface area (Å²) in [6.07, 6.45) is 5.42. The highest BCUT2D eigenvalue weighted by Crippen LogP contribution is 2.30. The summed E-state index contributed by atoms with van der Waals surface area (Å²) >= 11 is 0. The van der Waals surface area contributed by atoms with Gasteiger partial charge in [-0.05, 0) is 55.5 Å². The first-order valence-corrected chi connectivity index (χ1v) is 11.9. The van der Waals surface area contributed by atoms with Crippen LogP contribution in [0.15, 0.2) is 48.7 Å². The van der Waals surface area contributed by atoms with Gasteiger partial charge >= 0.3 is 0 Å². The molecule has 5 rings (SSSR count). The van der Waals surface area contributed by atoms with Crippen LogP contribution in [0.4, 0.5) is 11.5 Å². The maximum absolute atomic E-state index is 12.2. The minimum atomic E-state index is -3.18. The van der Waals surface area contributed by atoms with Crippen LogP contribution >= 0.6 is 0 Å². The Morgan fingerprint density at radius 1 is 1.03 bits per heavy atom. The summed E-state index contributed by atoms with van der Waals surface area (Å²) in [5, 5.41) is 3.46. The molecule has 0 atom stereocenters. The summed E-state index contributed by atoms with van der Waals surface area (Å²) in [6, 6.07) is 13.4. The van der Waals surface area contributed by atoms with Gasteiger partial charge in [0.05, 0.1) is 11.4 Å². The molecule has 7 nitrogen and oxygen atoms in total. The topological polar surface area (TPSA) is 88.1 Å². The Kier molecular flexibility index (Phi) is 4.86. The number of fused-ring (bicyclic) bond motifs is 1. The van der Waals surface area contributed by atoms with Crippen molar-refractivity contribution in [3.63, 3.8) is 0 Å². The fourth-order valence-corrected chi connectivity index (χ4v) is 5.68. The van der Waals surface area contributed by atoms with Gasteiger partial charge in [-0.3, -0.25) is 9.29 Å². The zero-order valence-corrected chi connectivity index (χ0v) is 17.4. The Labute approximate surface area is 176 Å². The molecule has 0 unspecified atom stereocenters. The number of rotatable bonds is 5. The summed E-state index contributed by atoms with van der Waals surface area (Å²) in [5.41, 5.74) is 4.77. The van der Waals surface area contributed by atoms with E-state index >= 15 is 0 Å². The second kappa shape index (κ2) is 7.68. The highest BCUT2D eigenvalue weighted by molar-refractivity contribution is 7.93. The van der Waals surface area contributed by atoms with Crippen molar-refractivity contribution in [2.75, 3.05) is 21.9 Å². The second-order valence-electron chi connectivity index (χ2n) is 7.65. The predicted molar refractivity (Wildman–Crippen MR) is 117 cm³/mol. The van der Waals surface area contributed by atoms with Gasteiger partial charge in [0.25, 0.3) is 0 Å². The smallest absolute Gasteiger partial charge is 0.235 e. The number of anilines is 2. The molecular formula is C22H23N5O2S. The number of nitrogens with one attached hydrogen (secondary N) is 1. The molecule has 1 fully saturated rings. The molecule has 30 heavy (non-hydrogen) atoms. The van der Waals surface area contributed by atoms with Gasteiger partial charge in [0, 0.05) is 30.5 Å². The van der Waals surface area contributed by atoms with Gasteiger partial charge in [-0.1, -0.05) is 18.2 Å². The van der Waals surface area contributed by atoms with Crippen LogP contribution in [-0.4, -0.2) is 35.7 Å². The van der Waals surface area contributed by atoms with Gasteiger partial charge in [-0.15, -0.1) is 0 Å². The quantitative estimate of drug-likeness (QED) is 0.681. The van der Waals surface area contributed by atoms with Crippen LogP contribution in [0.2, 0.25) is 0 Å². The van der Waals surface area contributed by atoms with E-state index < -0.39 is 10.0 Å². The molecule has 0 radical (unpaired) electrons. The van der Waals surface area contributed by atoms with Crippen molar-refractivity contribution in [3.05, 3.63) is 65.5 Å². The predicted octanol–water partition coefficient (Wildman–Crippen LogP) is 3.18. The van der Waals surface area contributed by atoms with Crippen LogP contribution < -0.4 is 9.62 Å². The van der Waals surface area contributed by atoms with Crippen LogP contribution in [0.1, 0.15) is 29.7 Å². The summed E-state index contributed by atoms with van der Waals surface area (Å²) in [5.74, 6) is 1.70. The SMILES string of the molecule is O=S1(=O)CCCN1c1cccc(CNc2nc(-c3ccccn3)nc3c2CCC3)c1. The number of hydrogen-bond acceptors (Lipinski definition) is 6. The lowest BCUT2D eigenvalue weighted by Gasteiger charge is -2.18. The van der Waals surface area contributed by atoms with E-state index in [4.69, 9.17) is 9.97 Å². The summed E-state index contributed by atoms with van der Waals surface area (Å²) in [6.45, 7) is 1.11. The van der Waals surface area contributed by atoms with Crippen LogP contribution in [0.5, 0.6) is 0 Å². The van der Waals surface area contributed by atoms with E-state index in [9.17, 15) is 8.42 Å². The maximum atomic E-state index is 12.2. The van der Waals surface area contributed by atoms with Crippen LogP contribution in [-0.2, 0) is 29.4 Å². The molecule has 1 aliphatic heterocycles. The fourth-order valence-electron chi connectivity index (χ4n) is 4.13. The highest BCUT2D eigenvalue weighted by Gasteiger charge is 2.28. The van der Waals surface area contributed by atoms with Crippen LogP contribution in [0.25, 0.3) is 11.5 Å². The Balaban J connectivity index is 1.41. The van der Waals surface area contributed by atoms with Crippen molar-refractivity contribution in [1.29, 1.82) is 0 Å². The Morgan fingerprint density at radius 3 is 2.77 bits per heavy atom. The standard InChI is InChI=1S/C22H23N5O2S/c28-30(29)13-5-12-27(30)17-7-3-6-16(14-17)15-24-21-18-8-4-10-19(18)25-22(26-21)20-9-1-2-11-23-20/h1-3,6-7,9,11,14H,4-5,8,10,12-13,15H2,(H,24,25,26). The van der Waals surface area contributed by atoms with Crippen molar-refractivity contribution < 1.29 is 8.42 Å². The van der Waals surface area contributed by atoms with E-state index in [1.165, 1.54) is 9.87 Å². The molecule has 1 aromatic carbocycles. The van der Waals surface area contributed by atoms with E-state index in [0.29, 0.717) is 25.3 Å². The Morgan fingerprint density at radius 2 is 1.97 bits per heavy atom. The Bertz CT molecular complexity index is 1180. The lowest BCUT2D eigenvalue weighted by Crippen LogP contribution is -2.25. The monoisotopic (exact) mass is 421 g/mol. The van der Waals surface area contributed by atoms with Crippen molar-refractivity contribution in [2.45, 2.75) is 32.2 Å². The van der Waals surface area contributed by atoms with E-state index in [1.54, 1.807) is 6.20 Å². The third-order valence-corrected chi connectivity index (χ3v) is 7.45. The summed E-state index contributed by atoms with van der Waals surface area (Å²) < 4.78 is 26.0. The number of sulfonamides is 1. The lowest BCUT2D eigenvalue weighted by molar-refractivity contribution is 0.599. The second-order valence-corrected chi connectivity index (χ2v) is 9.67. The molecule has 0 amide bonds. The number of hydrogen-bond donors (Lipinski definition) is 1. The number of aromatic nitrogens is 3. The first-order chi connectivity index (χ1) is 14.6. The molecule has 1 aliphatic carbocycles. The molecule has 0 bridgehead atoms. The van der Waals surface area contributed by atoms with Crippen LogP contribution in [0, 0.1) is 0 Å². The fraction of sp³-hybridized carbons (Fsp3) is 0.318. The molecule has 1 saturated heterocycles.